The number of carbonyl (C=O) groups is 2. The predicted molar refractivity (Wildman–Crippen MR) is 105 cm³/mol. The molecule has 0 saturated carbocycles. The van der Waals surface area contributed by atoms with Crippen molar-refractivity contribution in [2.24, 2.45) is 5.10 Å². The van der Waals surface area contributed by atoms with Gasteiger partial charge in [-0.3, -0.25) is 9.59 Å². The monoisotopic (exact) mass is 426 g/mol. The second kappa shape index (κ2) is 8.41. The maximum Gasteiger partial charge on any atom is 0.294 e. The Morgan fingerprint density at radius 2 is 2.00 bits per heavy atom. The van der Waals surface area contributed by atoms with E-state index in [1.807, 2.05) is 31.2 Å². The third-order valence-electron chi connectivity index (χ3n) is 3.56. The van der Waals surface area contributed by atoms with Gasteiger partial charge in [-0.15, -0.1) is 0 Å². The van der Waals surface area contributed by atoms with Crippen LogP contribution in [0.15, 0.2) is 68.8 Å². The number of aryl methyl sites for hydroxylation is 1. The summed E-state index contributed by atoms with van der Waals surface area (Å²) in [5, 5.41) is 10.1. The average molecular weight is 427 g/mol. The molecule has 27 heavy (non-hydrogen) atoms. The summed E-state index contributed by atoms with van der Waals surface area (Å²) < 4.78 is 5.51. The van der Waals surface area contributed by atoms with E-state index in [0.717, 1.165) is 11.1 Å². The summed E-state index contributed by atoms with van der Waals surface area (Å²) in [6.45, 7) is 1.97. The van der Waals surface area contributed by atoms with Crippen LogP contribution in [0, 0.1) is 6.92 Å². The molecule has 8 heteroatoms. The van der Waals surface area contributed by atoms with E-state index in [1.54, 1.807) is 24.4 Å². The van der Waals surface area contributed by atoms with E-state index in [4.69, 9.17) is 4.52 Å². The molecule has 0 atom stereocenters. The number of amides is 2. The van der Waals surface area contributed by atoms with Gasteiger partial charge in [0.1, 0.15) is 0 Å². The second-order valence-electron chi connectivity index (χ2n) is 5.63. The number of carbonyl (C=O) groups excluding carboxylic acids is 2. The van der Waals surface area contributed by atoms with Crippen molar-refractivity contribution in [2.75, 3.05) is 5.32 Å². The third-order valence-corrected chi connectivity index (χ3v) is 4.05. The highest BCUT2D eigenvalue weighted by Gasteiger charge is 2.16. The molecule has 3 aromatic rings. The molecule has 0 aliphatic heterocycles. The first kappa shape index (κ1) is 18.5. The van der Waals surface area contributed by atoms with E-state index in [0.29, 0.717) is 10.2 Å². The number of aromatic nitrogens is 1. The van der Waals surface area contributed by atoms with E-state index in [9.17, 15) is 9.59 Å². The Hall–Kier alpha value is -3.26. The van der Waals surface area contributed by atoms with Crippen molar-refractivity contribution in [3.8, 4) is 0 Å². The lowest BCUT2D eigenvalue weighted by molar-refractivity contribution is 0.0956. The zero-order valence-corrected chi connectivity index (χ0v) is 15.9. The minimum Gasteiger partial charge on any atom is -0.351 e. The highest BCUT2D eigenvalue weighted by atomic mass is 79.9. The molecule has 0 spiro atoms. The zero-order valence-electron chi connectivity index (χ0n) is 14.3. The SMILES string of the molecule is Cc1cccc(/C=N/NC(=O)c2cc(Br)ccc2NC(=O)c2ccno2)c1. The van der Waals surface area contributed by atoms with Crippen LogP contribution in [0.2, 0.25) is 0 Å². The van der Waals surface area contributed by atoms with Gasteiger partial charge in [-0.25, -0.2) is 5.43 Å². The van der Waals surface area contributed by atoms with E-state index in [-0.39, 0.29) is 11.3 Å². The minimum atomic E-state index is -0.507. The van der Waals surface area contributed by atoms with Crippen LogP contribution in [0.3, 0.4) is 0 Å². The van der Waals surface area contributed by atoms with Crippen molar-refractivity contribution < 1.29 is 14.1 Å². The van der Waals surface area contributed by atoms with Crippen LogP contribution < -0.4 is 10.7 Å². The normalized spacial score (nSPS) is 10.7. The smallest absolute Gasteiger partial charge is 0.294 e. The lowest BCUT2D eigenvalue weighted by Crippen LogP contribution is -2.21. The molecule has 0 unspecified atom stereocenters. The molecule has 2 N–H and O–H groups in total. The van der Waals surface area contributed by atoms with Gasteiger partial charge in [0, 0.05) is 10.5 Å². The summed E-state index contributed by atoms with van der Waals surface area (Å²) in [5.41, 5.74) is 4.99. The molecule has 2 aromatic carbocycles. The lowest BCUT2D eigenvalue weighted by atomic mass is 10.1. The summed E-state index contributed by atoms with van der Waals surface area (Å²) in [7, 11) is 0. The molecule has 1 aromatic heterocycles. The Balaban J connectivity index is 1.75. The number of nitrogens with one attached hydrogen (secondary N) is 2. The van der Waals surface area contributed by atoms with Crippen molar-refractivity contribution in [1.29, 1.82) is 0 Å². The fourth-order valence-corrected chi connectivity index (χ4v) is 2.67. The maximum atomic E-state index is 12.5. The van der Waals surface area contributed by atoms with E-state index in [2.05, 4.69) is 36.9 Å². The summed E-state index contributed by atoms with van der Waals surface area (Å²) >= 11 is 3.32. The van der Waals surface area contributed by atoms with Gasteiger partial charge in [-0.05, 0) is 30.7 Å². The van der Waals surface area contributed by atoms with Gasteiger partial charge in [-0.2, -0.15) is 5.10 Å². The van der Waals surface area contributed by atoms with Gasteiger partial charge in [0.05, 0.1) is 23.7 Å². The highest BCUT2D eigenvalue weighted by Crippen LogP contribution is 2.22. The van der Waals surface area contributed by atoms with Crippen molar-refractivity contribution in [3.05, 3.63) is 81.7 Å². The number of hydrogen-bond donors (Lipinski definition) is 2. The van der Waals surface area contributed by atoms with Gasteiger partial charge in [0.25, 0.3) is 11.8 Å². The summed E-state index contributed by atoms with van der Waals surface area (Å²) in [5.74, 6) is -0.929. The second-order valence-corrected chi connectivity index (χ2v) is 6.55. The van der Waals surface area contributed by atoms with Crippen molar-refractivity contribution in [3.63, 3.8) is 0 Å². The van der Waals surface area contributed by atoms with Gasteiger partial charge in [0.15, 0.2) is 0 Å². The molecule has 0 aliphatic carbocycles. The molecule has 1 heterocycles. The van der Waals surface area contributed by atoms with Crippen LogP contribution >= 0.6 is 15.9 Å². The first-order chi connectivity index (χ1) is 13.0. The average Bonchev–Trinajstić information content (AvgIpc) is 3.18. The van der Waals surface area contributed by atoms with Gasteiger partial charge in [0.2, 0.25) is 5.76 Å². The number of hydrazone groups is 1. The fourth-order valence-electron chi connectivity index (χ4n) is 2.31. The topological polar surface area (TPSA) is 96.6 Å². The van der Waals surface area contributed by atoms with Crippen molar-refractivity contribution in [1.82, 2.24) is 10.6 Å². The van der Waals surface area contributed by atoms with Crippen LogP contribution in [0.5, 0.6) is 0 Å². The van der Waals surface area contributed by atoms with Gasteiger partial charge < -0.3 is 9.84 Å². The Morgan fingerprint density at radius 1 is 1.15 bits per heavy atom. The standard InChI is InChI=1S/C19H15BrN4O3/c1-12-3-2-4-13(9-12)11-21-24-18(25)15-10-14(20)5-6-16(15)23-19(26)17-7-8-22-27-17/h2-11H,1H3,(H,23,26)(H,24,25)/b21-11+. The number of nitrogens with zero attached hydrogens (tertiary/aromatic N) is 2. The molecule has 7 nitrogen and oxygen atoms in total. The minimum absolute atomic E-state index is 0.0433. The molecule has 2 amide bonds. The highest BCUT2D eigenvalue weighted by molar-refractivity contribution is 9.10. The van der Waals surface area contributed by atoms with Gasteiger partial charge >= 0.3 is 0 Å². The largest absolute Gasteiger partial charge is 0.351 e. The summed E-state index contributed by atoms with van der Waals surface area (Å²) in [6, 6.07) is 14.0. The van der Waals surface area contributed by atoms with Gasteiger partial charge in [-0.1, -0.05) is 50.9 Å². The molecular formula is C19H15BrN4O3. The number of rotatable bonds is 5. The predicted octanol–water partition coefficient (Wildman–Crippen LogP) is 3.76. The molecule has 136 valence electrons. The van der Waals surface area contributed by atoms with E-state index < -0.39 is 11.8 Å². The number of anilines is 1. The Morgan fingerprint density at radius 3 is 2.74 bits per heavy atom. The first-order valence-corrected chi connectivity index (χ1v) is 8.74. The van der Waals surface area contributed by atoms with Crippen molar-refractivity contribution in [2.45, 2.75) is 6.92 Å². The Bertz CT molecular complexity index is 1000. The van der Waals surface area contributed by atoms with Crippen molar-refractivity contribution >= 4 is 39.6 Å². The molecule has 0 radical (unpaired) electrons. The van der Waals surface area contributed by atoms with Crippen LogP contribution in [0.4, 0.5) is 5.69 Å². The van der Waals surface area contributed by atoms with Crippen LogP contribution in [0.25, 0.3) is 0 Å². The number of hydrogen-bond acceptors (Lipinski definition) is 5. The van der Waals surface area contributed by atoms with Crippen LogP contribution in [-0.2, 0) is 0 Å². The number of benzene rings is 2. The lowest BCUT2D eigenvalue weighted by Gasteiger charge is -2.09. The fraction of sp³-hybridized carbons (Fsp3) is 0.0526. The maximum absolute atomic E-state index is 12.5. The Labute approximate surface area is 163 Å². The summed E-state index contributed by atoms with van der Waals surface area (Å²) in [4.78, 5) is 24.7. The number of halogens is 1. The molecule has 0 saturated heterocycles. The quantitative estimate of drug-likeness (QED) is 0.479. The zero-order chi connectivity index (χ0) is 19.2. The molecule has 0 bridgehead atoms. The molecule has 0 aliphatic rings. The van der Waals surface area contributed by atoms with E-state index in [1.165, 1.54) is 12.3 Å². The van der Waals surface area contributed by atoms with Crippen LogP contribution in [0.1, 0.15) is 32.0 Å². The van der Waals surface area contributed by atoms with E-state index >= 15 is 0 Å². The van der Waals surface area contributed by atoms with Crippen LogP contribution in [-0.4, -0.2) is 23.2 Å². The first-order valence-electron chi connectivity index (χ1n) is 7.94. The molecule has 3 rings (SSSR count). The summed E-state index contributed by atoms with van der Waals surface area (Å²) in [6.07, 6.45) is 2.92. The third kappa shape index (κ3) is 4.89. The molecule has 0 fully saturated rings. The Kier molecular flexibility index (Phi) is 5.77. The molecular weight excluding hydrogens is 412 g/mol.